The van der Waals surface area contributed by atoms with Gasteiger partial charge >= 0.3 is 12.1 Å². The molecular formula is C26H38N2O7. The number of carbonyl (C=O) groups excluding carboxylic acids is 4. The third-order valence-corrected chi connectivity index (χ3v) is 8.05. The van der Waals surface area contributed by atoms with E-state index in [-0.39, 0.29) is 43.1 Å². The van der Waals surface area contributed by atoms with Crippen LogP contribution in [0.1, 0.15) is 77.0 Å². The molecule has 0 aromatic carbocycles. The van der Waals surface area contributed by atoms with Crippen molar-refractivity contribution in [2.75, 3.05) is 13.7 Å². The molecule has 9 heteroatoms. The number of nitrogens with zero attached hydrogens (tertiary/aromatic N) is 1. The van der Waals surface area contributed by atoms with Crippen molar-refractivity contribution >= 4 is 23.8 Å². The Bertz CT molecular complexity index is 853. The van der Waals surface area contributed by atoms with E-state index in [0.29, 0.717) is 12.8 Å². The van der Waals surface area contributed by atoms with Crippen LogP contribution in [0.25, 0.3) is 0 Å². The van der Waals surface area contributed by atoms with Crippen molar-refractivity contribution in [3.05, 3.63) is 12.2 Å². The fourth-order valence-corrected chi connectivity index (χ4v) is 5.93. The number of aliphatic hydroxyl groups is 1. The minimum atomic E-state index is -0.895. The number of hydrogen-bond donors (Lipinski definition) is 2. The van der Waals surface area contributed by atoms with Gasteiger partial charge in [-0.2, -0.15) is 0 Å². The summed E-state index contributed by atoms with van der Waals surface area (Å²) in [6.45, 7) is 0.0274. The van der Waals surface area contributed by atoms with Gasteiger partial charge in [0.2, 0.25) is 5.91 Å². The number of allylic oxidation sites excluding steroid dienone is 2. The summed E-state index contributed by atoms with van der Waals surface area (Å²) < 4.78 is 10.5. The van der Waals surface area contributed by atoms with Gasteiger partial charge in [0.25, 0.3) is 0 Å². The molecule has 2 aliphatic carbocycles. The normalized spacial score (nSPS) is 35.3. The zero-order valence-corrected chi connectivity index (χ0v) is 20.6. The highest BCUT2D eigenvalue weighted by Gasteiger charge is 2.61. The smallest absolute Gasteiger partial charge is 0.408 e. The number of Topliss-reactive ketones (excluding diaryl/α,β-unsaturated/α-hetero) is 1. The Labute approximate surface area is 206 Å². The second-order valence-corrected chi connectivity index (χ2v) is 10.6. The molecule has 194 valence electrons. The Hall–Kier alpha value is -2.42. The highest BCUT2D eigenvalue weighted by atomic mass is 16.6. The summed E-state index contributed by atoms with van der Waals surface area (Å²) in [6, 6.07) is -1.65. The summed E-state index contributed by atoms with van der Waals surface area (Å²) in [5.74, 6) is -1.09. The van der Waals surface area contributed by atoms with E-state index in [0.717, 1.165) is 51.4 Å². The number of fused-ring (bicyclic) bond motifs is 2. The molecule has 0 aromatic rings. The number of methoxy groups -OCH3 is 1. The van der Waals surface area contributed by atoms with E-state index in [1.807, 2.05) is 6.08 Å². The lowest BCUT2D eigenvalue weighted by atomic mass is 9.92. The van der Waals surface area contributed by atoms with Gasteiger partial charge in [0.1, 0.15) is 12.1 Å². The van der Waals surface area contributed by atoms with Gasteiger partial charge in [-0.25, -0.2) is 4.79 Å². The highest BCUT2D eigenvalue weighted by Crippen LogP contribution is 2.57. The first-order valence-corrected chi connectivity index (χ1v) is 13.1. The topological polar surface area (TPSA) is 122 Å². The first-order valence-electron chi connectivity index (χ1n) is 13.1. The third-order valence-electron chi connectivity index (χ3n) is 8.05. The minimum Gasteiger partial charge on any atom is -0.469 e. The van der Waals surface area contributed by atoms with E-state index in [1.54, 1.807) is 0 Å². The van der Waals surface area contributed by atoms with Crippen molar-refractivity contribution in [3.63, 3.8) is 0 Å². The van der Waals surface area contributed by atoms with Crippen LogP contribution in [0.3, 0.4) is 0 Å². The lowest BCUT2D eigenvalue weighted by molar-refractivity contribution is -0.150. The lowest BCUT2D eigenvalue weighted by Crippen LogP contribution is -2.52. The van der Waals surface area contributed by atoms with Crippen molar-refractivity contribution in [1.82, 2.24) is 10.2 Å². The van der Waals surface area contributed by atoms with Crippen LogP contribution in [0, 0.1) is 11.3 Å². The average molecular weight is 491 g/mol. The summed E-state index contributed by atoms with van der Waals surface area (Å²) >= 11 is 0. The summed E-state index contributed by atoms with van der Waals surface area (Å²) in [4.78, 5) is 53.5. The molecule has 0 aromatic heterocycles. The van der Waals surface area contributed by atoms with Gasteiger partial charge in [-0.1, -0.05) is 25.0 Å². The van der Waals surface area contributed by atoms with Crippen molar-refractivity contribution in [2.24, 2.45) is 11.3 Å². The summed E-state index contributed by atoms with van der Waals surface area (Å²) in [6.07, 6.45) is 10.7. The number of ketones is 1. The number of ether oxygens (including phenoxy) is 2. The molecule has 4 aliphatic rings. The van der Waals surface area contributed by atoms with Gasteiger partial charge in [0, 0.05) is 19.4 Å². The molecule has 2 amide bonds. The largest absolute Gasteiger partial charge is 0.469 e. The highest BCUT2D eigenvalue weighted by molar-refractivity contribution is 5.96. The Kier molecular flexibility index (Phi) is 8.14. The van der Waals surface area contributed by atoms with Gasteiger partial charge in [-0.05, 0) is 57.3 Å². The zero-order chi connectivity index (χ0) is 25.0. The molecule has 0 unspecified atom stereocenters. The number of esters is 1. The maximum Gasteiger partial charge on any atom is 0.408 e. The molecule has 35 heavy (non-hydrogen) atoms. The second-order valence-electron chi connectivity index (χ2n) is 10.6. The van der Waals surface area contributed by atoms with Crippen molar-refractivity contribution < 1.29 is 33.8 Å². The average Bonchev–Trinajstić information content (AvgIpc) is 3.14. The van der Waals surface area contributed by atoms with E-state index in [1.165, 1.54) is 12.0 Å². The fraction of sp³-hybridized carbons (Fsp3) is 0.769. The molecule has 0 spiro atoms. The van der Waals surface area contributed by atoms with Gasteiger partial charge in [-0.15, -0.1) is 0 Å². The number of carbonyl (C=O) groups is 4. The van der Waals surface area contributed by atoms with Crippen molar-refractivity contribution in [2.45, 2.75) is 101 Å². The molecule has 1 saturated heterocycles. The SMILES string of the molecule is COC(=O)[C@]12CC(=O)[C@@H]3C[C@@H](O)CN3C(=O)[C@@H](NC(=O)OC3CCCC3)CCCCC/C=C\[C@@H]1C2. The van der Waals surface area contributed by atoms with Gasteiger partial charge < -0.3 is 24.8 Å². The first-order chi connectivity index (χ1) is 16.8. The molecular weight excluding hydrogens is 452 g/mol. The van der Waals surface area contributed by atoms with Crippen LogP contribution in [0.4, 0.5) is 4.79 Å². The maximum absolute atomic E-state index is 13.6. The van der Waals surface area contributed by atoms with Crippen LogP contribution in [0.5, 0.6) is 0 Å². The molecule has 4 rings (SSSR count). The molecule has 2 saturated carbocycles. The second kappa shape index (κ2) is 11.1. The number of alkyl carbamates (subject to hydrolysis) is 1. The van der Waals surface area contributed by atoms with Crippen LogP contribution >= 0.6 is 0 Å². The summed E-state index contributed by atoms with van der Waals surface area (Å²) in [7, 11) is 1.33. The number of hydrogen-bond acceptors (Lipinski definition) is 7. The van der Waals surface area contributed by atoms with E-state index < -0.39 is 35.7 Å². The van der Waals surface area contributed by atoms with Crippen molar-refractivity contribution in [3.8, 4) is 0 Å². The minimum absolute atomic E-state index is 0.0274. The Morgan fingerprint density at radius 1 is 1.11 bits per heavy atom. The van der Waals surface area contributed by atoms with E-state index in [2.05, 4.69) is 11.4 Å². The maximum atomic E-state index is 13.6. The Morgan fingerprint density at radius 2 is 1.86 bits per heavy atom. The van der Waals surface area contributed by atoms with Crippen LogP contribution in [-0.4, -0.2) is 71.7 Å². The summed E-state index contributed by atoms with van der Waals surface area (Å²) in [5.41, 5.74) is -0.895. The molecule has 9 nitrogen and oxygen atoms in total. The van der Waals surface area contributed by atoms with Gasteiger partial charge in [-0.3, -0.25) is 14.4 Å². The Morgan fingerprint density at radius 3 is 2.60 bits per heavy atom. The molecule has 2 N–H and O–H groups in total. The van der Waals surface area contributed by atoms with Crippen LogP contribution in [0.2, 0.25) is 0 Å². The predicted molar refractivity (Wildman–Crippen MR) is 126 cm³/mol. The molecule has 0 bridgehead atoms. The van der Waals surface area contributed by atoms with Crippen LogP contribution in [0.15, 0.2) is 12.2 Å². The molecule has 5 atom stereocenters. The number of aliphatic hydroxyl groups excluding tert-OH is 1. The molecule has 2 aliphatic heterocycles. The van der Waals surface area contributed by atoms with E-state index in [4.69, 9.17) is 9.47 Å². The lowest BCUT2D eigenvalue weighted by Gasteiger charge is -2.29. The van der Waals surface area contributed by atoms with Crippen LogP contribution < -0.4 is 5.32 Å². The van der Waals surface area contributed by atoms with Crippen LogP contribution in [-0.2, 0) is 23.9 Å². The fourth-order valence-electron chi connectivity index (χ4n) is 5.93. The van der Waals surface area contributed by atoms with E-state index in [9.17, 15) is 24.3 Å². The number of amides is 2. The standard InChI is InChI=1S/C26H38N2O7/c1-34-24(32)26-14-17(26)9-5-3-2-4-6-12-20(27-25(33)35-19-10-7-8-11-19)23(31)28-16-18(29)13-21(28)22(30)15-26/h5,9,17-21,29H,2-4,6-8,10-16H2,1H3,(H,27,33)/b9-5-/t17-,18-,20+,21+,26-/m1/s1. The predicted octanol–water partition coefficient (Wildman–Crippen LogP) is 2.64. The van der Waals surface area contributed by atoms with Crippen molar-refractivity contribution in [1.29, 1.82) is 0 Å². The zero-order valence-electron chi connectivity index (χ0n) is 20.6. The third kappa shape index (κ3) is 5.88. The monoisotopic (exact) mass is 490 g/mol. The number of nitrogens with one attached hydrogen (secondary N) is 1. The molecule has 3 fully saturated rings. The van der Waals surface area contributed by atoms with E-state index >= 15 is 0 Å². The first kappa shape index (κ1) is 25.7. The summed E-state index contributed by atoms with van der Waals surface area (Å²) in [5, 5.41) is 13.1. The van der Waals surface area contributed by atoms with Gasteiger partial charge in [0.15, 0.2) is 5.78 Å². The number of rotatable bonds is 3. The Balaban J connectivity index is 1.52. The molecule has 0 radical (unpaired) electrons. The molecule has 2 heterocycles. The van der Waals surface area contributed by atoms with Gasteiger partial charge in [0.05, 0.1) is 24.7 Å². The quantitative estimate of drug-likeness (QED) is 0.461.